The number of nitrogens with zero attached hydrogens (tertiary/aromatic N) is 8. The predicted molar refractivity (Wildman–Crippen MR) is 138 cm³/mol. The summed E-state index contributed by atoms with van der Waals surface area (Å²) in [6, 6.07) is 12.7. The molecule has 0 saturated carbocycles. The minimum Gasteiger partial charge on any atom is -0.419 e. The zero-order valence-electron chi connectivity index (χ0n) is 19.9. The van der Waals surface area contributed by atoms with Crippen molar-refractivity contribution in [3.63, 3.8) is 0 Å². The second-order valence-electron chi connectivity index (χ2n) is 9.25. The number of hydrogen-bond donors (Lipinski definition) is 0. The molecular formula is C24H21Cl3N8O. The van der Waals surface area contributed by atoms with Gasteiger partial charge in [-0.25, -0.2) is 9.36 Å². The van der Waals surface area contributed by atoms with Crippen molar-refractivity contribution in [2.75, 3.05) is 0 Å². The van der Waals surface area contributed by atoms with E-state index >= 15 is 0 Å². The highest BCUT2D eigenvalue weighted by Gasteiger charge is 2.29. The fourth-order valence-electron chi connectivity index (χ4n) is 3.70. The van der Waals surface area contributed by atoms with Crippen LogP contribution in [0, 0.1) is 0 Å². The highest BCUT2D eigenvalue weighted by Crippen LogP contribution is 2.38. The Kier molecular flexibility index (Phi) is 6.32. The van der Waals surface area contributed by atoms with Crippen LogP contribution in [-0.4, -0.2) is 40.2 Å². The molecule has 0 spiro atoms. The zero-order chi connectivity index (χ0) is 25.6. The summed E-state index contributed by atoms with van der Waals surface area (Å²) in [6.07, 6.45) is 0.342. The zero-order valence-corrected chi connectivity index (χ0v) is 22.1. The first-order valence-electron chi connectivity index (χ1n) is 11.0. The Morgan fingerprint density at radius 1 is 0.917 bits per heavy atom. The third kappa shape index (κ3) is 4.61. The van der Waals surface area contributed by atoms with Gasteiger partial charge < -0.3 is 4.42 Å². The molecule has 0 aliphatic heterocycles. The molecule has 0 atom stereocenters. The van der Waals surface area contributed by atoms with Crippen molar-refractivity contribution < 1.29 is 4.42 Å². The Labute approximate surface area is 222 Å². The van der Waals surface area contributed by atoms with Gasteiger partial charge in [0.15, 0.2) is 11.5 Å². The maximum Gasteiger partial charge on any atom is 0.268 e. The second-order valence-corrected chi connectivity index (χ2v) is 10.5. The van der Waals surface area contributed by atoms with Gasteiger partial charge in [-0.2, -0.15) is 5.10 Å². The van der Waals surface area contributed by atoms with E-state index in [2.05, 4.69) is 25.7 Å². The molecule has 5 rings (SSSR count). The van der Waals surface area contributed by atoms with Crippen molar-refractivity contribution in [2.45, 2.75) is 32.6 Å². The summed E-state index contributed by atoms with van der Waals surface area (Å²) in [7, 11) is 1.78. The van der Waals surface area contributed by atoms with E-state index in [1.807, 2.05) is 51.1 Å². The van der Waals surface area contributed by atoms with Crippen LogP contribution in [0.2, 0.25) is 15.1 Å². The average Bonchev–Trinajstić information content (AvgIpc) is 3.54. The Bertz CT molecular complexity index is 1550. The summed E-state index contributed by atoms with van der Waals surface area (Å²) in [6.45, 7) is 6.00. The largest absolute Gasteiger partial charge is 0.419 e. The number of benzene rings is 2. The normalized spacial score (nSPS) is 11.9. The number of halogens is 3. The standard InChI is InChI=1S/C24H21Cl3N8O/c1-24(2,3)23-30-29-22(36-23)20-16(12-19-28-32-33-34(19)4)21(13-5-7-14(25)8-6-13)35(31-20)18-10-9-15(26)11-17(18)27/h5-11H,12H2,1-4H3. The SMILES string of the molecule is Cn1nnnc1Cc1c(-c2nnc(C(C)(C)C)o2)nn(-c2ccc(Cl)cc2Cl)c1-c1ccc(Cl)cc1. The van der Waals surface area contributed by atoms with Crippen LogP contribution < -0.4 is 0 Å². The summed E-state index contributed by atoms with van der Waals surface area (Å²) < 4.78 is 9.46. The van der Waals surface area contributed by atoms with Gasteiger partial charge in [0.1, 0.15) is 0 Å². The third-order valence-electron chi connectivity index (χ3n) is 5.55. The van der Waals surface area contributed by atoms with Crippen molar-refractivity contribution in [1.29, 1.82) is 0 Å². The minimum absolute atomic E-state index is 0.282. The molecule has 0 aliphatic carbocycles. The van der Waals surface area contributed by atoms with E-state index in [4.69, 9.17) is 44.3 Å². The van der Waals surface area contributed by atoms with Gasteiger partial charge in [-0.3, -0.25) is 0 Å². The van der Waals surface area contributed by atoms with Gasteiger partial charge in [0.2, 0.25) is 5.89 Å². The van der Waals surface area contributed by atoms with E-state index in [-0.39, 0.29) is 11.3 Å². The molecule has 0 radical (unpaired) electrons. The molecule has 3 aromatic heterocycles. The first-order chi connectivity index (χ1) is 17.1. The molecule has 5 aromatic rings. The number of aryl methyl sites for hydroxylation is 1. The summed E-state index contributed by atoms with van der Waals surface area (Å²) in [5, 5.41) is 27.0. The Morgan fingerprint density at radius 3 is 2.25 bits per heavy atom. The van der Waals surface area contributed by atoms with E-state index < -0.39 is 0 Å². The molecule has 9 nitrogen and oxygen atoms in total. The molecule has 0 fully saturated rings. The van der Waals surface area contributed by atoms with Crippen molar-refractivity contribution in [3.05, 3.63) is 74.8 Å². The van der Waals surface area contributed by atoms with Gasteiger partial charge in [0.05, 0.1) is 16.4 Å². The van der Waals surface area contributed by atoms with Crippen LogP contribution in [0.4, 0.5) is 0 Å². The smallest absolute Gasteiger partial charge is 0.268 e. The summed E-state index contributed by atoms with van der Waals surface area (Å²) in [4.78, 5) is 0. The number of tetrazole rings is 1. The summed E-state index contributed by atoms with van der Waals surface area (Å²) in [5.41, 5.74) is 3.18. The molecule has 12 heteroatoms. The summed E-state index contributed by atoms with van der Waals surface area (Å²) in [5.74, 6) is 1.41. The Hall–Kier alpha value is -3.27. The van der Waals surface area contributed by atoms with Gasteiger partial charge in [-0.15, -0.1) is 15.3 Å². The lowest BCUT2D eigenvalue weighted by Crippen LogP contribution is -2.11. The number of hydrogen-bond acceptors (Lipinski definition) is 7. The molecular weight excluding hydrogens is 523 g/mol. The summed E-state index contributed by atoms with van der Waals surface area (Å²) >= 11 is 19.0. The van der Waals surface area contributed by atoms with E-state index in [9.17, 15) is 0 Å². The number of aromatic nitrogens is 8. The van der Waals surface area contributed by atoms with E-state index in [0.29, 0.717) is 44.6 Å². The van der Waals surface area contributed by atoms with E-state index in [1.54, 1.807) is 28.5 Å². The van der Waals surface area contributed by atoms with Crippen molar-refractivity contribution >= 4 is 34.8 Å². The van der Waals surface area contributed by atoms with Crippen LogP contribution in [0.15, 0.2) is 46.9 Å². The van der Waals surface area contributed by atoms with Crippen LogP contribution in [0.5, 0.6) is 0 Å². The van der Waals surface area contributed by atoms with Gasteiger partial charge in [0, 0.05) is 40.1 Å². The van der Waals surface area contributed by atoms with E-state index in [0.717, 1.165) is 16.8 Å². The Morgan fingerprint density at radius 2 is 1.64 bits per heavy atom. The maximum atomic E-state index is 6.63. The van der Waals surface area contributed by atoms with E-state index in [1.165, 1.54) is 0 Å². The highest BCUT2D eigenvalue weighted by atomic mass is 35.5. The molecule has 0 N–H and O–H groups in total. The third-order valence-corrected chi connectivity index (χ3v) is 6.34. The molecule has 0 aliphatic rings. The monoisotopic (exact) mass is 542 g/mol. The van der Waals surface area contributed by atoms with Crippen LogP contribution >= 0.6 is 34.8 Å². The lowest BCUT2D eigenvalue weighted by molar-refractivity contribution is 0.398. The van der Waals surface area contributed by atoms with Crippen LogP contribution in [-0.2, 0) is 18.9 Å². The lowest BCUT2D eigenvalue weighted by Gasteiger charge is -2.12. The molecule has 3 heterocycles. The number of rotatable bonds is 5. The minimum atomic E-state index is -0.333. The molecule has 0 bridgehead atoms. The maximum absolute atomic E-state index is 6.63. The molecule has 184 valence electrons. The van der Waals surface area contributed by atoms with Crippen molar-refractivity contribution in [2.24, 2.45) is 7.05 Å². The van der Waals surface area contributed by atoms with Crippen LogP contribution in [0.25, 0.3) is 28.5 Å². The first kappa shape index (κ1) is 24.4. The quantitative estimate of drug-likeness (QED) is 0.269. The first-order valence-corrected chi connectivity index (χ1v) is 12.1. The van der Waals surface area contributed by atoms with Gasteiger partial charge in [-0.05, 0) is 40.8 Å². The fraction of sp³-hybridized carbons (Fsp3) is 0.250. The molecule has 0 saturated heterocycles. The topological polar surface area (TPSA) is 100 Å². The van der Waals surface area contributed by atoms with Gasteiger partial charge in [0.25, 0.3) is 5.89 Å². The average molecular weight is 544 g/mol. The fourth-order valence-corrected chi connectivity index (χ4v) is 4.31. The van der Waals surface area contributed by atoms with Gasteiger partial charge >= 0.3 is 0 Å². The van der Waals surface area contributed by atoms with Crippen LogP contribution in [0.3, 0.4) is 0 Å². The molecule has 0 unspecified atom stereocenters. The van der Waals surface area contributed by atoms with Crippen LogP contribution in [0.1, 0.15) is 38.0 Å². The molecule has 0 amide bonds. The van der Waals surface area contributed by atoms with Crippen molar-refractivity contribution in [3.8, 4) is 28.5 Å². The Balaban J connectivity index is 1.82. The molecule has 36 heavy (non-hydrogen) atoms. The predicted octanol–water partition coefficient (Wildman–Crippen LogP) is 5.96. The highest BCUT2D eigenvalue weighted by molar-refractivity contribution is 6.35. The van der Waals surface area contributed by atoms with Gasteiger partial charge in [-0.1, -0.05) is 67.7 Å². The molecule has 2 aromatic carbocycles. The lowest BCUT2D eigenvalue weighted by atomic mass is 9.97. The van der Waals surface area contributed by atoms with Crippen molar-refractivity contribution in [1.82, 2.24) is 40.2 Å². The second kappa shape index (κ2) is 9.31.